The normalized spacial score (nSPS) is 17.2. The molecule has 4 nitrogen and oxygen atoms in total. The molecule has 1 aliphatic heterocycles. The van der Waals surface area contributed by atoms with Gasteiger partial charge >= 0.3 is 6.18 Å². The molecule has 1 atom stereocenters. The maximum absolute atomic E-state index is 12.8. The zero-order valence-electron chi connectivity index (χ0n) is 14.2. The number of anilines is 2. The number of nitrogens with one attached hydrogen (secondary N) is 2. The SMILES string of the molecule is Cc1ccnc(NC(=S)N2CC[C@@H](Nc3cccc(C(F)(F)F)c3)C2)c1. The van der Waals surface area contributed by atoms with Crippen LogP contribution in [-0.4, -0.2) is 34.1 Å². The first kappa shape index (κ1) is 18.4. The zero-order valence-corrected chi connectivity index (χ0v) is 15.0. The lowest BCUT2D eigenvalue weighted by Crippen LogP contribution is -2.35. The number of halogens is 3. The van der Waals surface area contributed by atoms with Crippen LogP contribution in [0.5, 0.6) is 0 Å². The number of benzene rings is 1. The summed E-state index contributed by atoms with van der Waals surface area (Å²) in [6.45, 7) is 3.32. The highest BCUT2D eigenvalue weighted by Crippen LogP contribution is 2.31. The Morgan fingerprint density at radius 3 is 2.81 bits per heavy atom. The van der Waals surface area contributed by atoms with Gasteiger partial charge in [0, 0.05) is 31.0 Å². The topological polar surface area (TPSA) is 40.2 Å². The number of hydrogen-bond acceptors (Lipinski definition) is 3. The second-order valence-electron chi connectivity index (χ2n) is 6.30. The van der Waals surface area contributed by atoms with E-state index in [1.54, 1.807) is 12.3 Å². The molecule has 3 rings (SSSR count). The predicted molar refractivity (Wildman–Crippen MR) is 100 cm³/mol. The van der Waals surface area contributed by atoms with Crippen molar-refractivity contribution in [2.45, 2.75) is 25.6 Å². The van der Waals surface area contributed by atoms with Crippen LogP contribution in [0.1, 0.15) is 17.5 Å². The molecule has 138 valence electrons. The summed E-state index contributed by atoms with van der Waals surface area (Å²) in [7, 11) is 0. The van der Waals surface area contributed by atoms with Gasteiger partial charge < -0.3 is 15.5 Å². The third-order valence-corrected chi connectivity index (χ3v) is 4.55. The summed E-state index contributed by atoms with van der Waals surface area (Å²) in [5.74, 6) is 0.685. The Balaban J connectivity index is 1.58. The Morgan fingerprint density at radius 1 is 1.27 bits per heavy atom. The first-order valence-corrected chi connectivity index (χ1v) is 8.64. The summed E-state index contributed by atoms with van der Waals surface area (Å²) >= 11 is 5.42. The molecule has 0 amide bonds. The molecule has 1 aromatic heterocycles. The molecule has 1 aliphatic rings. The maximum atomic E-state index is 12.8. The highest BCUT2D eigenvalue weighted by molar-refractivity contribution is 7.80. The van der Waals surface area contributed by atoms with Crippen LogP contribution in [0.3, 0.4) is 0 Å². The Morgan fingerprint density at radius 2 is 2.08 bits per heavy atom. The van der Waals surface area contributed by atoms with E-state index in [2.05, 4.69) is 15.6 Å². The average Bonchev–Trinajstić information content (AvgIpc) is 3.03. The fourth-order valence-corrected chi connectivity index (χ4v) is 3.15. The molecule has 0 unspecified atom stereocenters. The highest BCUT2D eigenvalue weighted by atomic mass is 32.1. The molecule has 8 heteroatoms. The Bertz CT molecular complexity index is 794. The predicted octanol–water partition coefficient (Wildman–Crippen LogP) is 4.29. The van der Waals surface area contributed by atoms with Gasteiger partial charge in [0.25, 0.3) is 0 Å². The quantitative estimate of drug-likeness (QED) is 0.778. The van der Waals surface area contributed by atoms with Crippen molar-refractivity contribution in [2.24, 2.45) is 0 Å². The van der Waals surface area contributed by atoms with Gasteiger partial charge in [-0.3, -0.25) is 0 Å². The van der Waals surface area contributed by atoms with E-state index in [-0.39, 0.29) is 6.04 Å². The average molecular weight is 380 g/mol. The summed E-state index contributed by atoms with van der Waals surface area (Å²) in [6.07, 6.45) is -1.84. The number of hydrogen-bond donors (Lipinski definition) is 2. The molecule has 1 fully saturated rings. The zero-order chi connectivity index (χ0) is 18.7. The van der Waals surface area contributed by atoms with E-state index in [0.29, 0.717) is 23.2 Å². The van der Waals surface area contributed by atoms with Gasteiger partial charge in [0.05, 0.1) is 5.56 Å². The lowest BCUT2D eigenvalue weighted by atomic mass is 10.1. The second-order valence-corrected chi connectivity index (χ2v) is 6.69. The van der Waals surface area contributed by atoms with Crippen molar-refractivity contribution < 1.29 is 13.2 Å². The second kappa shape index (κ2) is 7.49. The van der Waals surface area contributed by atoms with Gasteiger partial charge in [-0.1, -0.05) is 6.07 Å². The van der Waals surface area contributed by atoms with E-state index < -0.39 is 11.7 Å². The van der Waals surface area contributed by atoms with Crippen LogP contribution in [0.2, 0.25) is 0 Å². The molecular formula is C18H19F3N4S. The first-order chi connectivity index (χ1) is 12.3. The van der Waals surface area contributed by atoms with Gasteiger partial charge in [-0.05, 0) is 61.5 Å². The molecular weight excluding hydrogens is 361 g/mol. The highest BCUT2D eigenvalue weighted by Gasteiger charge is 2.31. The number of rotatable bonds is 3. The Kier molecular flexibility index (Phi) is 5.31. The van der Waals surface area contributed by atoms with Crippen molar-refractivity contribution in [2.75, 3.05) is 23.7 Å². The van der Waals surface area contributed by atoms with Crippen molar-refractivity contribution in [1.82, 2.24) is 9.88 Å². The van der Waals surface area contributed by atoms with Crippen LogP contribution >= 0.6 is 12.2 Å². The molecule has 0 spiro atoms. The minimum atomic E-state index is -4.34. The third-order valence-electron chi connectivity index (χ3n) is 4.19. The molecule has 0 aliphatic carbocycles. The van der Waals surface area contributed by atoms with Crippen molar-refractivity contribution in [3.63, 3.8) is 0 Å². The van der Waals surface area contributed by atoms with Gasteiger partial charge in [0.2, 0.25) is 0 Å². The molecule has 1 saturated heterocycles. The van der Waals surface area contributed by atoms with Crippen LogP contribution in [0.25, 0.3) is 0 Å². The van der Waals surface area contributed by atoms with Crippen molar-refractivity contribution in [3.8, 4) is 0 Å². The molecule has 0 radical (unpaired) electrons. The van der Waals surface area contributed by atoms with Crippen molar-refractivity contribution in [3.05, 3.63) is 53.7 Å². The molecule has 2 N–H and O–H groups in total. The van der Waals surface area contributed by atoms with E-state index in [1.807, 2.05) is 24.0 Å². The van der Waals surface area contributed by atoms with Crippen molar-refractivity contribution in [1.29, 1.82) is 0 Å². The van der Waals surface area contributed by atoms with Gasteiger partial charge in [0.1, 0.15) is 5.82 Å². The van der Waals surface area contributed by atoms with E-state index in [1.165, 1.54) is 6.07 Å². The monoisotopic (exact) mass is 380 g/mol. The number of aromatic nitrogens is 1. The van der Waals surface area contributed by atoms with Gasteiger partial charge in [-0.15, -0.1) is 0 Å². The smallest absolute Gasteiger partial charge is 0.380 e. The minimum Gasteiger partial charge on any atom is -0.380 e. The van der Waals surface area contributed by atoms with Gasteiger partial charge in [-0.2, -0.15) is 13.2 Å². The molecule has 1 aromatic carbocycles. The fourth-order valence-electron chi connectivity index (χ4n) is 2.88. The molecule has 26 heavy (non-hydrogen) atoms. The summed E-state index contributed by atoms with van der Waals surface area (Å²) in [4.78, 5) is 6.21. The van der Waals surface area contributed by atoms with E-state index >= 15 is 0 Å². The Labute approximate surface area is 155 Å². The van der Waals surface area contributed by atoms with Crippen molar-refractivity contribution >= 4 is 28.8 Å². The molecule has 2 aromatic rings. The van der Waals surface area contributed by atoms with E-state index in [4.69, 9.17) is 12.2 Å². The largest absolute Gasteiger partial charge is 0.416 e. The Hall–Kier alpha value is -2.35. The number of nitrogens with zero attached hydrogens (tertiary/aromatic N) is 2. The van der Waals surface area contributed by atoms with Crippen LogP contribution in [0.4, 0.5) is 24.7 Å². The van der Waals surface area contributed by atoms with Crippen LogP contribution in [0.15, 0.2) is 42.6 Å². The summed E-state index contributed by atoms with van der Waals surface area (Å²) in [5.41, 5.74) is 0.891. The number of likely N-dealkylation sites (tertiary alicyclic amines) is 1. The number of pyridine rings is 1. The standard InChI is InChI=1S/C18H19F3N4S/c1-12-5-7-22-16(9-12)24-17(26)25-8-6-15(11-25)23-14-4-2-3-13(10-14)18(19,20)21/h2-5,7,9-10,15,23H,6,8,11H2,1H3,(H,22,24,26)/t15-/m1/s1. The number of thiocarbonyl (C=S) groups is 1. The van der Waals surface area contributed by atoms with E-state index in [0.717, 1.165) is 30.7 Å². The van der Waals surface area contributed by atoms with Crippen LogP contribution in [-0.2, 0) is 6.18 Å². The third kappa shape index (κ3) is 4.63. The summed E-state index contributed by atoms with van der Waals surface area (Å²) in [5, 5.41) is 6.84. The lowest BCUT2D eigenvalue weighted by Gasteiger charge is -2.21. The summed E-state index contributed by atoms with van der Waals surface area (Å²) < 4.78 is 38.5. The number of aryl methyl sites for hydroxylation is 1. The molecule has 0 saturated carbocycles. The minimum absolute atomic E-state index is 0.0312. The van der Waals surface area contributed by atoms with Gasteiger partial charge in [-0.25, -0.2) is 4.98 Å². The van der Waals surface area contributed by atoms with Crippen LogP contribution < -0.4 is 10.6 Å². The summed E-state index contributed by atoms with van der Waals surface area (Å²) in [6, 6.07) is 9.10. The lowest BCUT2D eigenvalue weighted by molar-refractivity contribution is -0.137. The first-order valence-electron chi connectivity index (χ1n) is 8.23. The maximum Gasteiger partial charge on any atom is 0.416 e. The van der Waals surface area contributed by atoms with Crippen LogP contribution in [0, 0.1) is 6.92 Å². The van der Waals surface area contributed by atoms with Gasteiger partial charge in [0.15, 0.2) is 5.11 Å². The fraction of sp³-hybridized carbons (Fsp3) is 0.333. The molecule has 0 bridgehead atoms. The number of alkyl halides is 3. The van der Waals surface area contributed by atoms with E-state index in [9.17, 15) is 13.2 Å². The molecule has 2 heterocycles.